The fraction of sp³-hybridized carbons (Fsp3) is 0.231. The molecule has 0 atom stereocenters. The van der Waals surface area contributed by atoms with Crippen LogP contribution in [0.4, 0.5) is 5.69 Å². The van der Waals surface area contributed by atoms with Crippen molar-refractivity contribution in [3.05, 3.63) is 82.4 Å². The number of rotatable bonds is 4. The highest BCUT2D eigenvalue weighted by Crippen LogP contribution is 2.39. The van der Waals surface area contributed by atoms with E-state index in [1.54, 1.807) is 0 Å². The molecule has 1 amide bonds. The molecule has 1 saturated heterocycles. The molecule has 5 rings (SSSR count). The number of amides is 1. The predicted octanol–water partition coefficient (Wildman–Crippen LogP) is 7.54. The zero-order valence-electron chi connectivity index (χ0n) is 17.5. The monoisotopic (exact) mass is 462 g/mol. The number of amidine groups is 1. The van der Waals surface area contributed by atoms with Gasteiger partial charge in [0.15, 0.2) is 5.17 Å². The van der Waals surface area contributed by atoms with Crippen LogP contribution in [0.25, 0.3) is 17.4 Å². The molecule has 2 fully saturated rings. The fourth-order valence-corrected chi connectivity index (χ4v) is 5.42. The molecule has 0 radical (unpaired) electrons. The second-order valence-corrected chi connectivity index (χ2v) is 9.47. The van der Waals surface area contributed by atoms with Crippen molar-refractivity contribution in [1.82, 2.24) is 4.90 Å². The van der Waals surface area contributed by atoms with Gasteiger partial charge in [-0.2, -0.15) is 0 Å². The summed E-state index contributed by atoms with van der Waals surface area (Å²) in [6, 6.07) is 21.3. The maximum atomic E-state index is 13.4. The molecule has 0 N–H and O–H groups in total. The lowest BCUT2D eigenvalue weighted by Crippen LogP contribution is -2.40. The van der Waals surface area contributed by atoms with Crippen molar-refractivity contribution in [2.75, 3.05) is 0 Å². The molecule has 6 heteroatoms. The largest absolute Gasteiger partial charge is 0.457 e. The molecule has 1 aromatic heterocycles. The van der Waals surface area contributed by atoms with Crippen LogP contribution >= 0.6 is 23.4 Å². The highest BCUT2D eigenvalue weighted by Gasteiger charge is 2.38. The fourth-order valence-electron chi connectivity index (χ4n) is 4.20. The number of furan rings is 1. The number of hydrogen-bond donors (Lipinski definition) is 0. The molecule has 2 heterocycles. The summed E-state index contributed by atoms with van der Waals surface area (Å²) in [6.07, 6.45) is 7.40. The van der Waals surface area contributed by atoms with Crippen LogP contribution in [0.2, 0.25) is 5.02 Å². The van der Waals surface area contributed by atoms with Gasteiger partial charge in [0.05, 0.1) is 10.6 Å². The van der Waals surface area contributed by atoms with Crippen molar-refractivity contribution < 1.29 is 9.21 Å². The molecule has 1 aliphatic carbocycles. The highest BCUT2D eigenvalue weighted by molar-refractivity contribution is 8.18. The summed E-state index contributed by atoms with van der Waals surface area (Å²) in [7, 11) is 0. The first-order chi connectivity index (χ1) is 15.7. The normalized spacial score (nSPS) is 19.9. The Labute approximate surface area is 197 Å². The molecule has 1 saturated carbocycles. The van der Waals surface area contributed by atoms with Crippen LogP contribution in [-0.4, -0.2) is 22.0 Å². The van der Waals surface area contributed by atoms with Gasteiger partial charge < -0.3 is 4.42 Å². The third-order valence-electron chi connectivity index (χ3n) is 5.77. The lowest BCUT2D eigenvalue weighted by molar-refractivity contribution is -0.124. The Balaban J connectivity index is 1.46. The topological polar surface area (TPSA) is 45.8 Å². The minimum Gasteiger partial charge on any atom is -0.457 e. The van der Waals surface area contributed by atoms with Gasteiger partial charge in [0.2, 0.25) is 0 Å². The van der Waals surface area contributed by atoms with Crippen LogP contribution in [0.1, 0.15) is 37.9 Å². The Morgan fingerprint density at radius 2 is 1.81 bits per heavy atom. The van der Waals surface area contributed by atoms with Crippen LogP contribution in [0.15, 0.2) is 81.0 Å². The molecule has 2 aromatic carbocycles. The first-order valence-corrected chi connectivity index (χ1v) is 12.1. The molecule has 32 heavy (non-hydrogen) atoms. The molecular formula is C26H23ClN2O2S. The molecule has 3 aromatic rings. The summed E-state index contributed by atoms with van der Waals surface area (Å²) in [5.74, 6) is 1.37. The van der Waals surface area contributed by atoms with Crippen molar-refractivity contribution in [2.45, 2.75) is 38.1 Å². The van der Waals surface area contributed by atoms with Crippen LogP contribution in [0, 0.1) is 0 Å². The first kappa shape index (κ1) is 21.1. The average Bonchev–Trinajstić information content (AvgIpc) is 3.40. The number of carbonyl (C=O) groups is 1. The number of carbonyl (C=O) groups excluding carboxylic acids is 1. The molecule has 0 bridgehead atoms. The van der Waals surface area contributed by atoms with Crippen LogP contribution in [-0.2, 0) is 4.79 Å². The Bertz CT molecular complexity index is 1180. The van der Waals surface area contributed by atoms with Crippen LogP contribution in [0.5, 0.6) is 0 Å². The van der Waals surface area contributed by atoms with Gasteiger partial charge in [-0.25, -0.2) is 4.99 Å². The quantitative estimate of drug-likeness (QED) is 0.376. The van der Waals surface area contributed by atoms with Crippen LogP contribution in [0.3, 0.4) is 0 Å². The van der Waals surface area contributed by atoms with Gasteiger partial charge in [0.1, 0.15) is 11.5 Å². The second-order valence-electron chi connectivity index (χ2n) is 8.02. The zero-order valence-corrected chi connectivity index (χ0v) is 19.1. The summed E-state index contributed by atoms with van der Waals surface area (Å²) in [5, 5.41) is 1.41. The maximum absolute atomic E-state index is 13.4. The van der Waals surface area contributed by atoms with Gasteiger partial charge in [-0.05, 0) is 61.0 Å². The molecule has 4 nitrogen and oxygen atoms in total. The third kappa shape index (κ3) is 4.54. The number of thioether (sulfide) groups is 1. The van der Waals surface area contributed by atoms with E-state index in [1.807, 2.05) is 77.7 Å². The molecule has 2 aliphatic rings. The van der Waals surface area contributed by atoms with E-state index in [0.717, 1.165) is 47.9 Å². The van der Waals surface area contributed by atoms with E-state index < -0.39 is 0 Å². The Morgan fingerprint density at radius 1 is 1.00 bits per heavy atom. The number of para-hydroxylation sites is 1. The molecule has 0 unspecified atom stereocenters. The van der Waals surface area contributed by atoms with Crippen LogP contribution < -0.4 is 0 Å². The predicted molar refractivity (Wildman–Crippen MR) is 132 cm³/mol. The van der Waals surface area contributed by atoms with Gasteiger partial charge in [-0.3, -0.25) is 9.69 Å². The number of hydrogen-bond acceptors (Lipinski definition) is 4. The highest BCUT2D eigenvalue weighted by atomic mass is 35.5. The van der Waals surface area contributed by atoms with E-state index in [2.05, 4.69) is 0 Å². The lowest BCUT2D eigenvalue weighted by Gasteiger charge is -2.30. The van der Waals surface area contributed by atoms with Crippen molar-refractivity contribution >= 4 is 46.2 Å². The molecule has 162 valence electrons. The lowest BCUT2D eigenvalue weighted by atomic mass is 9.94. The minimum absolute atomic E-state index is 0.0114. The molecular weight excluding hydrogens is 440 g/mol. The van der Waals surface area contributed by atoms with E-state index in [1.165, 1.54) is 18.2 Å². The smallest absolute Gasteiger partial charge is 0.267 e. The number of nitrogens with zero attached hydrogens (tertiary/aromatic N) is 2. The van der Waals surface area contributed by atoms with Gasteiger partial charge in [-0.1, -0.05) is 61.2 Å². The van der Waals surface area contributed by atoms with Crippen molar-refractivity contribution in [3.8, 4) is 11.3 Å². The maximum Gasteiger partial charge on any atom is 0.267 e. The molecule has 0 spiro atoms. The standard InChI is InChI=1S/C26H23ClN2O2S/c27-19-9-7-8-18(16-19)23-15-14-22(31-23)17-24-25(30)29(21-12-5-2-6-13-21)26(32-24)28-20-10-3-1-4-11-20/h1,3-4,7-11,14-17,21H,2,5-6,12-13H2/b24-17-,28-26?. The zero-order chi connectivity index (χ0) is 21.9. The SMILES string of the molecule is O=C1/C(=C/c2ccc(-c3cccc(Cl)c3)o2)SC(=Nc2ccccc2)N1C1CCCCC1. The van der Waals surface area contributed by atoms with Crippen molar-refractivity contribution in [2.24, 2.45) is 4.99 Å². The third-order valence-corrected chi connectivity index (χ3v) is 6.99. The summed E-state index contributed by atoms with van der Waals surface area (Å²) >= 11 is 7.53. The average molecular weight is 463 g/mol. The Hall–Kier alpha value is -2.76. The summed E-state index contributed by atoms with van der Waals surface area (Å²) in [4.78, 5) is 20.8. The van der Waals surface area contributed by atoms with Crippen molar-refractivity contribution in [3.63, 3.8) is 0 Å². The summed E-state index contributed by atoms with van der Waals surface area (Å²) < 4.78 is 6.01. The Morgan fingerprint density at radius 3 is 2.59 bits per heavy atom. The van der Waals surface area contributed by atoms with Gasteiger partial charge in [0, 0.05) is 22.7 Å². The van der Waals surface area contributed by atoms with E-state index in [9.17, 15) is 4.79 Å². The van der Waals surface area contributed by atoms with Gasteiger partial charge in [0.25, 0.3) is 5.91 Å². The molecule has 1 aliphatic heterocycles. The van der Waals surface area contributed by atoms with E-state index >= 15 is 0 Å². The number of benzene rings is 2. The second kappa shape index (κ2) is 9.39. The number of aliphatic imine (C=N–C) groups is 1. The first-order valence-electron chi connectivity index (χ1n) is 10.9. The Kier molecular flexibility index (Phi) is 6.19. The summed E-state index contributed by atoms with van der Waals surface area (Å²) in [6.45, 7) is 0. The van der Waals surface area contributed by atoms with Crippen molar-refractivity contribution in [1.29, 1.82) is 0 Å². The van der Waals surface area contributed by atoms with E-state index in [-0.39, 0.29) is 11.9 Å². The van der Waals surface area contributed by atoms with E-state index in [0.29, 0.717) is 15.7 Å². The van der Waals surface area contributed by atoms with E-state index in [4.69, 9.17) is 21.0 Å². The minimum atomic E-state index is 0.0114. The van der Waals surface area contributed by atoms with Gasteiger partial charge in [-0.15, -0.1) is 0 Å². The number of halogens is 1. The van der Waals surface area contributed by atoms with Gasteiger partial charge >= 0.3 is 0 Å². The summed E-state index contributed by atoms with van der Waals surface area (Å²) in [5.41, 5.74) is 1.76.